The zero-order chi connectivity index (χ0) is 13.2. The largest absolute Gasteiger partial charge is 0.454 e. The molecule has 1 aliphatic rings. The van der Waals surface area contributed by atoms with Crippen molar-refractivity contribution in [2.45, 2.75) is 6.42 Å². The van der Waals surface area contributed by atoms with E-state index in [-0.39, 0.29) is 6.79 Å². The van der Waals surface area contributed by atoms with Crippen LogP contribution in [0.15, 0.2) is 18.2 Å². The normalized spacial score (nSPS) is 12.9. The van der Waals surface area contributed by atoms with E-state index in [1.165, 1.54) is 0 Å². The third-order valence-electron chi connectivity index (χ3n) is 2.97. The van der Waals surface area contributed by atoms with Crippen LogP contribution in [0.3, 0.4) is 0 Å². The zero-order valence-electron chi connectivity index (χ0n) is 10.9. The quantitative estimate of drug-likeness (QED) is 0.856. The first-order valence-corrected chi connectivity index (χ1v) is 7.46. The van der Waals surface area contributed by atoms with Gasteiger partial charge in [-0.2, -0.15) is 16.9 Å². The minimum atomic E-state index is 0.288. The Bertz CT molecular complexity index is 598. The average Bonchev–Trinajstić information content (AvgIpc) is 3.01. The Morgan fingerprint density at radius 3 is 3.00 bits per heavy atom. The second-order valence-corrected chi connectivity index (χ2v) is 5.27. The fourth-order valence-corrected chi connectivity index (χ4v) is 2.41. The summed E-state index contributed by atoms with van der Waals surface area (Å²) < 4.78 is 12.5. The number of rotatable bonds is 4. The van der Waals surface area contributed by atoms with Crippen LogP contribution in [-0.4, -0.2) is 33.6 Å². The van der Waals surface area contributed by atoms with Gasteiger partial charge in [0.1, 0.15) is 0 Å². The molecule has 0 saturated heterocycles. The minimum Gasteiger partial charge on any atom is -0.454 e. The Morgan fingerprint density at radius 2 is 2.16 bits per heavy atom. The van der Waals surface area contributed by atoms with E-state index in [0.717, 1.165) is 40.9 Å². The summed E-state index contributed by atoms with van der Waals surface area (Å²) >= 11 is 1.80. The van der Waals surface area contributed by atoms with E-state index >= 15 is 0 Å². The molecule has 0 atom stereocenters. The fraction of sp³-hybridized carbons (Fsp3) is 0.385. The summed E-state index contributed by atoms with van der Waals surface area (Å²) in [5, 5.41) is 4.44. The minimum absolute atomic E-state index is 0.288. The van der Waals surface area contributed by atoms with Crippen molar-refractivity contribution in [2.24, 2.45) is 7.05 Å². The lowest BCUT2D eigenvalue weighted by molar-refractivity contribution is 0.174. The standard InChI is InChI=1S/C13H15N3O2S/c1-16-13(14-12(15-16)5-6-19-2)9-3-4-10-11(7-9)18-8-17-10/h3-4,7H,5-6,8H2,1-2H3. The van der Waals surface area contributed by atoms with E-state index in [9.17, 15) is 0 Å². The molecule has 0 spiro atoms. The number of benzene rings is 1. The van der Waals surface area contributed by atoms with Gasteiger partial charge in [0.05, 0.1) is 0 Å². The molecule has 2 heterocycles. The molecule has 2 aromatic rings. The van der Waals surface area contributed by atoms with Gasteiger partial charge in [-0.05, 0) is 24.5 Å². The number of ether oxygens (including phenoxy) is 2. The Labute approximate surface area is 115 Å². The summed E-state index contributed by atoms with van der Waals surface area (Å²) in [4.78, 5) is 4.59. The predicted molar refractivity (Wildman–Crippen MR) is 74.6 cm³/mol. The molecule has 0 aliphatic carbocycles. The van der Waals surface area contributed by atoms with Gasteiger partial charge in [-0.1, -0.05) is 0 Å². The maximum absolute atomic E-state index is 5.39. The monoisotopic (exact) mass is 277 g/mol. The Hall–Kier alpha value is -1.69. The molecule has 0 fully saturated rings. The summed E-state index contributed by atoms with van der Waals surface area (Å²) in [5.74, 6) is 4.32. The van der Waals surface area contributed by atoms with Gasteiger partial charge in [-0.15, -0.1) is 0 Å². The highest BCUT2D eigenvalue weighted by molar-refractivity contribution is 7.98. The van der Waals surface area contributed by atoms with Crippen molar-refractivity contribution in [3.63, 3.8) is 0 Å². The number of aryl methyl sites for hydroxylation is 2. The molecule has 6 heteroatoms. The average molecular weight is 277 g/mol. The highest BCUT2D eigenvalue weighted by atomic mass is 32.2. The predicted octanol–water partition coefficient (Wildman–Crippen LogP) is 2.12. The molecule has 1 aliphatic heterocycles. The van der Waals surface area contributed by atoms with Crippen molar-refractivity contribution in [3.8, 4) is 22.9 Å². The maximum atomic E-state index is 5.39. The van der Waals surface area contributed by atoms with Gasteiger partial charge in [-0.25, -0.2) is 9.67 Å². The molecule has 0 amide bonds. The number of aromatic nitrogens is 3. The molecular formula is C13H15N3O2S. The van der Waals surface area contributed by atoms with E-state index in [2.05, 4.69) is 16.3 Å². The molecule has 5 nitrogen and oxygen atoms in total. The molecule has 1 aromatic heterocycles. The van der Waals surface area contributed by atoms with Gasteiger partial charge >= 0.3 is 0 Å². The number of hydrogen-bond acceptors (Lipinski definition) is 5. The highest BCUT2D eigenvalue weighted by Crippen LogP contribution is 2.35. The van der Waals surface area contributed by atoms with Crippen molar-refractivity contribution < 1.29 is 9.47 Å². The Balaban J connectivity index is 1.91. The van der Waals surface area contributed by atoms with Gasteiger partial charge in [-0.3, -0.25) is 0 Å². The van der Waals surface area contributed by atoms with E-state index < -0.39 is 0 Å². The van der Waals surface area contributed by atoms with Crippen LogP contribution < -0.4 is 9.47 Å². The van der Waals surface area contributed by atoms with Crippen molar-refractivity contribution in [1.29, 1.82) is 0 Å². The Kier molecular flexibility index (Phi) is 3.33. The summed E-state index contributed by atoms with van der Waals surface area (Å²) in [6.07, 6.45) is 2.97. The molecule has 0 N–H and O–H groups in total. The van der Waals surface area contributed by atoms with Crippen molar-refractivity contribution >= 4 is 11.8 Å². The molecule has 0 bridgehead atoms. The molecular weight excluding hydrogens is 262 g/mol. The van der Waals surface area contributed by atoms with Crippen LogP contribution in [0.2, 0.25) is 0 Å². The van der Waals surface area contributed by atoms with Crippen LogP contribution in [0, 0.1) is 0 Å². The van der Waals surface area contributed by atoms with Gasteiger partial charge in [0, 0.05) is 24.8 Å². The van der Waals surface area contributed by atoms with Crippen LogP contribution >= 0.6 is 11.8 Å². The van der Waals surface area contributed by atoms with Crippen LogP contribution in [0.1, 0.15) is 5.82 Å². The van der Waals surface area contributed by atoms with Crippen molar-refractivity contribution in [3.05, 3.63) is 24.0 Å². The summed E-state index contributed by atoms with van der Waals surface area (Å²) in [5.41, 5.74) is 0.995. The zero-order valence-corrected chi connectivity index (χ0v) is 11.7. The van der Waals surface area contributed by atoms with Gasteiger partial charge in [0.15, 0.2) is 23.1 Å². The summed E-state index contributed by atoms with van der Waals surface area (Å²) in [7, 11) is 1.91. The first kappa shape index (κ1) is 12.3. The van der Waals surface area contributed by atoms with Gasteiger partial charge in [0.2, 0.25) is 6.79 Å². The van der Waals surface area contributed by atoms with E-state index in [1.807, 2.05) is 29.9 Å². The second kappa shape index (κ2) is 5.13. The molecule has 19 heavy (non-hydrogen) atoms. The molecule has 0 radical (unpaired) electrons. The lowest BCUT2D eigenvalue weighted by Crippen LogP contribution is -1.95. The fourth-order valence-electron chi connectivity index (χ4n) is 2.02. The van der Waals surface area contributed by atoms with Crippen molar-refractivity contribution in [1.82, 2.24) is 14.8 Å². The topological polar surface area (TPSA) is 49.2 Å². The molecule has 0 unspecified atom stereocenters. The van der Waals surface area contributed by atoms with Gasteiger partial charge < -0.3 is 9.47 Å². The first-order chi connectivity index (χ1) is 9.28. The van der Waals surface area contributed by atoms with Crippen molar-refractivity contribution in [2.75, 3.05) is 18.8 Å². The molecule has 0 saturated carbocycles. The third-order valence-corrected chi connectivity index (χ3v) is 3.58. The van der Waals surface area contributed by atoms with Crippen LogP contribution in [0.25, 0.3) is 11.4 Å². The van der Waals surface area contributed by atoms with Crippen LogP contribution in [-0.2, 0) is 13.5 Å². The van der Waals surface area contributed by atoms with E-state index in [0.29, 0.717) is 0 Å². The van der Waals surface area contributed by atoms with E-state index in [1.54, 1.807) is 11.8 Å². The first-order valence-electron chi connectivity index (χ1n) is 6.07. The number of hydrogen-bond donors (Lipinski definition) is 0. The highest BCUT2D eigenvalue weighted by Gasteiger charge is 2.16. The van der Waals surface area contributed by atoms with E-state index in [4.69, 9.17) is 9.47 Å². The summed E-state index contributed by atoms with van der Waals surface area (Å²) in [6, 6.07) is 5.84. The number of nitrogens with zero attached hydrogens (tertiary/aromatic N) is 3. The molecule has 1 aromatic carbocycles. The third kappa shape index (κ3) is 2.40. The SMILES string of the molecule is CSCCc1nc(-c2ccc3c(c2)OCO3)n(C)n1. The number of thioether (sulfide) groups is 1. The second-order valence-electron chi connectivity index (χ2n) is 4.29. The molecule has 3 rings (SSSR count). The number of fused-ring (bicyclic) bond motifs is 1. The van der Waals surface area contributed by atoms with Crippen LogP contribution in [0.4, 0.5) is 0 Å². The maximum Gasteiger partial charge on any atom is 0.231 e. The van der Waals surface area contributed by atoms with Crippen LogP contribution in [0.5, 0.6) is 11.5 Å². The van der Waals surface area contributed by atoms with Gasteiger partial charge in [0.25, 0.3) is 0 Å². The summed E-state index contributed by atoms with van der Waals surface area (Å²) in [6.45, 7) is 0.288. The Morgan fingerprint density at radius 1 is 1.32 bits per heavy atom. The lowest BCUT2D eigenvalue weighted by atomic mass is 10.2. The lowest BCUT2D eigenvalue weighted by Gasteiger charge is -2.01. The smallest absolute Gasteiger partial charge is 0.231 e. The molecule has 100 valence electrons.